The molecule has 0 spiro atoms. The summed E-state index contributed by atoms with van der Waals surface area (Å²) in [5, 5.41) is 18.6. The number of aliphatic hydroxyl groups is 1. The lowest BCUT2D eigenvalue weighted by Gasteiger charge is -2.35. The first-order chi connectivity index (χ1) is 11.6. The van der Waals surface area contributed by atoms with Gasteiger partial charge in [-0.2, -0.15) is 0 Å². The van der Waals surface area contributed by atoms with Crippen LogP contribution in [0.1, 0.15) is 35.9 Å². The van der Waals surface area contributed by atoms with Gasteiger partial charge in [-0.25, -0.2) is 9.97 Å². The van der Waals surface area contributed by atoms with Crippen LogP contribution in [-0.4, -0.2) is 45.3 Å². The Labute approximate surface area is 139 Å². The van der Waals surface area contributed by atoms with Gasteiger partial charge in [0.05, 0.1) is 18.7 Å². The third-order valence-corrected chi connectivity index (χ3v) is 4.04. The Kier molecular flexibility index (Phi) is 5.05. The minimum absolute atomic E-state index is 0.0532. The molecule has 0 bridgehead atoms. The Morgan fingerprint density at radius 3 is 2.92 bits per heavy atom. The van der Waals surface area contributed by atoms with Crippen LogP contribution in [0.4, 0.5) is 5.82 Å². The van der Waals surface area contributed by atoms with Crippen molar-refractivity contribution >= 4 is 11.7 Å². The molecule has 3 N–H and O–H groups in total. The van der Waals surface area contributed by atoms with Crippen molar-refractivity contribution in [1.29, 1.82) is 0 Å². The fraction of sp³-hybridized carbons (Fsp3) is 0.500. The number of carbonyl (C=O) groups excluding carboxylic acids is 1. The largest absolute Gasteiger partial charge is 0.395 e. The molecule has 128 valence electrons. The summed E-state index contributed by atoms with van der Waals surface area (Å²) in [4.78, 5) is 20.4. The predicted molar refractivity (Wildman–Crippen MR) is 86.5 cm³/mol. The second kappa shape index (κ2) is 7.39. The van der Waals surface area contributed by atoms with Crippen LogP contribution in [-0.2, 0) is 11.2 Å². The number of hydrogen-bond acceptors (Lipinski definition) is 7. The summed E-state index contributed by atoms with van der Waals surface area (Å²) in [6, 6.07) is 3.83. The zero-order chi connectivity index (χ0) is 16.9. The number of anilines is 1. The molecule has 3 rings (SSSR count). The highest BCUT2D eigenvalue weighted by molar-refractivity contribution is 5.78. The molecule has 24 heavy (non-hydrogen) atoms. The van der Waals surface area contributed by atoms with E-state index in [2.05, 4.69) is 25.8 Å². The fourth-order valence-electron chi connectivity index (χ4n) is 2.79. The highest BCUT2D eigenvalue weighted by Crippen LogP contribution is 2.36. The number of aryl methyl sites for hydroxylation is 1. The second-order valence-corrected chi connectivity index (χ2v) is 6.02. The van der Waals surface area contributed by atoms with Crippen LogP contribution in [0.2, 0.25) is 0 Å². The molecule has 8 nitrogen and oxygen atoms in total. The van der Waals surface area contributed by atoms with Gasteiger partial charge in [-0.3, -0.25) is 4.79 Å². The maximum absolute atomic E-state index is 12.0. The molecule has 1 saturated carbocycles. The van der Waals surface area contributed by atoms with Crippen molar-refractivity contribution in [2.75, 3.05) is 18.5 Å². The summed E-state index contributed by atoms with van der Waals surface area (Å²) in [6.45, 7) is 2.34. The van der Waals surface area contributed by atoms with Gasteiger partial charge in [0.25, 0.3) is 0 Å². The van der Waals surface area contributed by atoms with E-state index in [1.54, 1.807) is 6.07 Å². The van der Waals surface area contributed by atoms with Crippen molar-refractivity contribution in [2.24, 2.45) is 0 Å². The first kappa shape index (κ1) is 16.4. The topological polar surface area (TPSA) is 113 Å². The summed E-state index contributed by atoms with van der Waals surface area (Å²) < 4.78 is 5.05. The molecule has 0 saturated heterocycles. The van der Waals surface area contributed by atoms with Crippen LogP contribution < -0.4 is 10.6 Å². The quantitative estimate of drug-likeness (QED) is 0.687. The average Bonchev–Trinajstić information content (AvgIpc) is 2.93. The summed E-state index contributed by atoms with van der Waals surface area (Å²) in [5.41, 5.74) is 1.73. The average molecular weight is 331 g/mol. The summed E-state index contributed by atoms with van der Waals surface area (Å²) in [7, 11) is 0. The van der Waals surface area contributed by atoms with E-state index in [9.17, 15) is 4.79 Å². The maximum Gasteiger partial charge on any atom is 0.227 e. The van der Waals surface area contributed by atoms with Crippen LogP contribution in [0.3, 0.4) is 0 Å². The van der Waals surface area contributed by atoms with Gasteiger partial charge in [-0.1, -0.05) is 5.16 Å². The number of carbonyl (C=O) groups is 1. The molecule has 2 aromatic rings. The second-order valence-electron chi connectivity index (χ2n) is 6.02. The minimum atomic E-state index is -0.0532. The molecule has 0 atom stereocenters. The maximum atomic E-state index is 12.0. The van der Waals surface area contributed by atoms with Crippen molar-refractivity contribution in [3.63, 3.8) is 0 Å². The van der Waals surface area contributed by atoms with E-state index < -0.39 is 0 Å². The molecule has 2 aromatic heterocycles. The van der Waals surface area contributed by atoms with Crippen molar-refractivity contribution in [1.82, 2.24) is 20.4 Å². The van der Waals surface area contributed by atoms with E-state index in [0.717, 1.165) is 24.2 Å². The van der Waals surface area contributed by atoms with Gasteiger partial charge >= 0.3 is 0 Å². The number of amides is 1. The van der Waals surface area contributed by atoms with Crippen LogP contribution in [0.15, 0.2) is 23.0 Å². The summed E-state index contributed by atoms with van der Waals surface area (Å²) in [6.07, 6.45) is 3.45. The highest BCUT2D eigenvalue weighted by Gasteiger charge is 2.32. The van der Waals surface area contributed by atoms with Crippen molar-refractivity contribution < 1.29 is 14.4 Å². The molecular weight excluding hydrogens is 310 g/mol. The van der Waals surface area contributed by atoms with E-state index in [1.807, 2.05) is 13.0 Å². The van der Waals surface area contributed by atoms with Gasteiger partial charge in [-0.05, 0) is 19.8 Å². The van der Waals surface area contributed by atoms with Gasteiger partial charge in [0, 0.05) is 36.3 Å². The molecule has 8 heteroatoms. The van der Waals surface area contributed by atoms with Crippen LogP contribution >= 0.6 is 0 Å². The number of rotatable bonds is 7. The van der Waals surface area contributed by atoms with E-state index in [0.29, 0.717) is 24.0 Å². The lowest BCUT2D eigenvalue weighted by molar-refractivity contribution is -0.122. The summed E-state index contributed by atoms with van der Waals surface area (Å²) >= 11 is 0. The zero-order valence-corrected chi connectivity index (χ0v) is 13.5. The van der Waals surface area contributed by atoms with Crippen molar-refractivity contribution in [3.05, 3.63) is 35.6 Å². The predicted octanol–water partition coefficient (Wildman–Crippen LogP) is 0.782. The van der Waals surface area contributed by atoms with E-state index in [1.165, 1.54) is 6.33 Å². The Bertz CT molecular complexity index is 697. The van der Waals surface area contributed by atoms with E-state index in [4.69, 9.17) is 9.63 Å². The van der Waals surface area contributed by atoms with Gasteiger partial charge in [0.1, 0.15) is 17.9 Å². The third kappa shape index (κ3) is 4.08. The van der Waals surface area contributed by atoms with Crippen LogP contribution in [0, 0.1) is 6.92 Å². The Morgan fingerprint density at radius 1 is 1.38 bits per heavy atom. The first-order valence-corrected chi connectivity index (χ1v) is 8.02. The lowest BCUT2D eigenvalue weighted by Crippen LogP contribution is -2.44. The van der Waals surface area contributed by atoms with Gasteiger partial charge in [0.2, 0.25) is 5.91 Å². The molecule has 0 radical (unpaired) electrons. The van der Waals surface area contributed by atoms with Gasteiger partial charge < -0.3 is 20.3 Å². The number of nitrogens with one attached hydrogen (secondary N) is 2. The number of hydrogen-bond donors (Lipinski definition) is 3. The third-order valence-electron chi connectivity index (χ3n) is 4.04. The fourth-order valence-corrected chi connectivity index (χ4v) is 2.79. The Balaban J connectivity index is 1.46. The Morgan fingerprint density at radius 2 is 2.21 bits per heavy atom. The molecule has 2 heterocycles. The number of aliphatic hydroxyl groups excluding tert-OH is 1. The standard InChI is InChI=1S/C16H21N5O3/c1-10-4-13(24-21-10)7-16(23)20-12-5-11(6-12)14-8-15(17-2-3-22)19-9-18-14/h4,8-9,11-12,22H,2-3,5-7H2,1H3,(H,20,23)(H,17,18,19). The number of aromatic nitrogens is 3. The zero-order valence-electron chi connectivity index (χ0n) is 13.5. The van der Waals surface area contributed by atoms with E-state index >= 15 is 0 Å². The lowest BCUT2D eigenvalue weighted by atomic mass is 9.78. The molecule has 0 aromatic carbocycles. The SMILES string of the molecule is Cc1cc(CC(=O)NC2CC(c3cc(NCCO)ncn3)C2)on1. The Hall–Kier alpha value is -2.48. The molecule has 0 aliphatic heterocycles. The molecule has 1 aliphatic carbocycles. The van der Waals surface area contributed by atoms with E-state index in [-0.39, 0.29) is 25.0 Å². The molecule has 1 aliphatic rings. The van der Waals surface area contributed by atoms with Crippen LogP contribution in [0.5, 0.6) is 0 Å². The molecule has 0 unspecified atom stereocenters. The van der Waals surface area contributed by atoms with Gasteiger partial charge in [0.15, 0.2) is 0 Å². The molecular formula is C16H21N5O3. The smallest absolute Gasteiger partial charge is 0.227 e. The van der Waals surface area contributed by atoms with Crippen LogP contribution in [0.25, 0.3) is 0 Å². The molecule has 1 amide bonds. The van der Waals surface area contributed by atoms with Gasteiger partial charge in [-0.15, -0.1) is 0 Å². The highest BCUT2D eigenvalue weighted by atomic mass is 16.5. The van der Waals surface area contributed by atoms with Crippen molar-refractivity contribution in [2.45, 2.75) is 38.1 Å². The normalized spacial score (nSPS) is 19.6. The number of nitrogens with zero attached hydrogens (tertiary/aromatic N) is 3. The first-order valence-electron chi connectivity index (χ1n) is 8.02. The summed E-state index contributed by atoms with van der Waals surface area (Å²) in [5.74, 6) is 1.56. The monoisotopic (exact) mass is 331 g/mol. The molecule has 1 fully saturated rings. The minimum Gasteiger partial charge on any atom is -0.395 e. The van der Waals surface area contributed by atoms with Crippen molar-refractivity contribution in [3.8, 4) is 0 Å².